The Kier molecular flexibility index (Phi) is 6.14. The number of fused-ring (bicyclic) bond motifs is 1. The number of hydrogen-bond acceptors (Lipinski definition) is 3. The Morgan fingerprint density at radius 1 is 1.03 bits per heavy atom. The molecule has 0 radical (unpaired) electrons. The zero-order chi connectivity index (χ0) is 20.2. The van der Waals surface area contributed by atoms with E-state index in [0.29, 0.717) is 6.61 Å². The van der Waals surface area contributed by atoms with Gasteiger partial charge in [0.15, 0.2) is 0 Å². The number of pyridine rings is 1. The van der Waals surface area contributed by atoms with Crippen LogP contribution in [0, 0.1) is 0 Å². The molecule has 0 unspecified atom stereocenters. The van der Waals surface area contributed by atoms with Gasteiger partial charge in [0.1, 0.15) is 5.75 Å². The number of carbonyl (C=O) groups is 1. The van der Waals surface area contributed by atoms with Crippen LogP contribution in [0.3, 0.4) is 0 Å². The lowest BCUT2D eigenvalue weighted by Crippen LogP contribution is -2.32. The summed E-state index contributed by atoms with van der Waals surface area (Å²) in [7, 11) is 0. The second-order valence-electron chi connectivity index (χ2n) is 7.38. The molecule has 0 spiro atoms. The SMILES string of the molecule is CCOc1ccc(-c2cc(C(=O)N3CCCCCC3)c3cc(Br)ccc3n2)cc1. The Morgan fingerprint density at radius 3 is 2.45 bits per heavy atom. The van der Waals surface area contributed by atoms with Crippen molar-refractivity contribution in [1.29, 1.82) is 0 Å². The van der Waals surface area contributed by atoms with Crippen molar-refractivity contribution in [2.75, 3.05) is 19.7 Å². The van der Waals surface area contributed by atoms with Crippen LogP contribution >= 0.6 is 15.9 Å². The quantitative estimate of drug-likeness (QED) is 0.481. The first-order valence-corrected chi connectivity index (χ1v) is 11.1. The van der Waals surface area contributed by atoms with Gasteiger partial charge in [0.25, 0.3) is 5.91 Å². The molecule has 1 aromatic heterocycles. The zero-order valence-electron chi connectivity index (χ0n) is 16.7. The third kappa shape index (κ3) is 4.45. The molecule has 150 valence electrons. The second-order valence-corrected chi connectivity index (χ2v) is 8.30. The molecule has 4 rings (SSSR count). The van der Waals surface area contributed by atoms with Crippen molar-refractivity contribution in [2.24, 2.45) is 0 Å². The summed E-state index contributed by atoms with van der Waals surface area (Å²) >= 11 is 3.54. The standard InChI is InChI=1S/C24H25BrN2O2/c1-2-29-19-10-7-17(8-11-19)23-16-21(20-15-18(25)9-12-22(20)26-23)24(28)27-13-5-3-4-6-14-27/h7-12,15-16H,2-6,13-14H2,1H3. The molecule has 2 aromatic carbocycles. The van der Waals surface area contributed by atoms with Crippen LogP contribution in [0.1, 0.15) is 43.0 Å². The second kappa shape index (κ2) is 8.95. The van der Waals surface area contributed by atoms with Crippen molar-refractivity contribution in [3.8, 4) is 17.0 Å². The molecule has 5 heteroatoms. The van der Waals surface area contributed by atoms with Gasteiger partial charge in [0, 0.05) is 28.5 Å². The fourth-order valence-corrected chi connectivity index (χ4v) is 4.22. The number of ether oxygens (including phenoxy) is 1. The van der Waals surface area contributed by atoms with Crippen molar-refractivity contribution in [2.45, 2.75) is 32.6 Å². The maximum atomic E-state index is 13.5. The average molecular weight is 453 g/mol. The maximum Gasteiger partial charge on any atom is 0.254 e. The highest BCUT2D eigenvalue weighted by molar-refractivity contribution is 9.10. The van der Waals surface area contributed by atoms with E-state index in [1.54, 1.807) is 0 Å². The number of nitrogens with zero attached hydrogens (tertiary/aromatic N) is 2. The summed E-state index contributed by atoms with van der Waals surface area (Å²) in [4.78, 5) is 20.3. The number of halogens is 1. The molecule has 2 heterocycles. The number of amides is 1. The van der Waals surface area contributed by atoms with E-state index in [1.807, 2.05) is 60.4 Å². The van der Waals surface area contributed by atoms with Crippen molar-refractivity contribution in [3.63, 3.8) is 0 Å². The van der Waals surface area contributed by atoms with Crippen molar-refractivity contribution in [1.82, 2.24) is 9.88 Å². The van der Waals surface area contributed by atoms with Gasteiger partial charge in [-0.3, -0.25) is 4.79 Å². The first kappa shape index (κ1) is 19.9. The van der Waals surface area contributed by atoms with E-state index in [2.05, 4.69) is 15.9 Å². The molecular formula is C24H25BrN2O2. The lowest BCUT2D eigenvalue weighted by Gasteiger charge is -2.21. The summed E-state index contributed by atoms with van der Waals surface area (Å²) in [6.07, 6.45) is 4.54. The minimum atomic E-state index is 0.101. The third-order valence-electron chi connectivity index (χ3n) is 5.36. The Labute approximate surface area is 180 Å². The monoisotopic (exact) mass is 452 g/mol. The van der Waals surface area contributed by atoms with Crippen LogP contribution in [0.4, 0.5) is 0 Å². The fraction of sp³-hybridized carbons (Fsp3) is 0.333. The van der Waals surface area contributed by atoms with Crippen LogP contribution in [0.2, 0.25) is 0 Å². The highest BCUT2D eigenvalue weighted by Crippen LogP contribution is 2.29. The van der Waals surface area contributed by atoms with Gasteiger partial charge in [-0.1, -0.05) is 28.8 Å². The van der Waals surface area contributed by atoms with Crippen LogP contribution in [-0.2, 0) is 0 Å². The molecule has 0 atom stereocenters. The molecule has 3 aromatic rings. The Bertz CT molecular complexity index is 1010. The summed E-state index contributed by atoms with van der Waals surface area (Å²) in [6.45, 7) is 4.26. The molecule has 1 saturated heterocycles. The van der Waals surface area contributed by atoms with E-state index in [1.165, 1.54) is 12.8 Å². The topological polar surface area (TPSA) is 42.4 Å². The van der Waals surface area contributed by atoms with Crippen molar-refractivity contribution >= 4 is 32.7 Å². The summed E-state index contributed by atoms with van der Waals surface area (Å²) in [6, 6.07) is 15.8. The van der Waals surface area contributed by atoms with Crippen LogP contribution in [-0.4, -0.2) is 35.5 Å². The minimum Gasteiger partial charge on any atom is -0.494 e. The van der Waals surface area contributed by atoms with Gasteiger partial charge >= 0.3 is 0 Å². The van der Waals surface area contributed by atoms with E-state index < -0.39 is 0 Å². The number of carbonyl (C=O) groups excluding carboxylic acids is 1. The molecule has 1 amide bonds. The Morgan fingerprint density at radius 2 is 1.76 bits per heavy atom. The molecule has 1 aliphatic rings. The van der Waals surface area contributed by atoms with Crippen molar-refractivity contribution < 1.29 is 9.53 Å². The highest BCUT2D eigenvalue weighted by atomic mass is 79.9. The van der Waals surface area contributed by atoms with E-state index in [9.17, 15) is 4.79 Å². The number of rotatable bonds is 4. The summed E-state index contributed by atoms with van der Waals surface area (Å²) in [5.74, 6) is 0.937. The van der Waals surface area contributed by atoms with Gasteiger partial charge in [0.05, 0.1) is 23.4 Å². The zero-order valence-corrected chi connectivity index (χ0v) is 18.2. The van der Waals surface area contributed by atoms with Gasteiger partial charge in [-0.25, -0.2) is 4.98 Å². The van der Waals surface area contributed by atoms with E-state index in [-0.39, 0.29) is 5.91 Å². The van der Waals surface area contributed by atoms with Crippen molar-refractivity contribution in [3.05, 3.63) is 58.6 Å². The maximum absolute atomic E-state index is 13.5. The van der Waals surface area contributed by atoms with Gasteiger partial charge in [-0.05, 0) is 68.3 Å². The largest absolute Gasteiger partial charge is 0.494 e. The van der Waals surface area contributed by atoms with E-state index >= 15 is 0 Å². The van der Waals surface area contributed by atoms with Crippen LogP contribution in [0.25, 0.3) is 22.2 Å². The molecule has 0 bridgehead atoms. The van der Waals surface area contributed by atoms with Crippen LogP contribution in [0.15, 0.2) is 53.0 Å². The molecule has 4 nitrogen and oxygen atoms in total. The Balaban J connectivity index is 1.78. The molecule has 0 N–H and O–H groups in total. The predicted molar refractivity (Wildman–Crippen MR) is 120 cm³/mol. The summed E-state index contributed by atoms with van der Waals surface area (Å²) in [5, 5.41) is 0.892. The average Bonchev–Trinajstić information content (AvgIpc) is 3.03. The first-order chi connectivity index (χ1) is 14.2. The van der Waals surface area contributed by atoms with Gasteiger partial charge in [0.2, 0.25) is 0 Å². The number of hydrogen-bond donors (Lipinski definition) is 0. The summed E-state index contributed by atoms with van der Waals surface area (Å²) in [5.41, 5.74) is 3.34. The minimum absolute atomic E-state index is 0.101. The molecule has 1 fully saturated rings. The lowest BCUT2D eigenvalue weighted by atomic mass is 10.0. The van der Waals surface area contributed by atoms with Crippen LogP contribution < -0.4 is 4.74 Å². The van der Waals surface area contributed by atoms with Gasteiger partial charge in [-0.2, -0.15) is 0 Å². The fourth-order valence-electron chi connectivity index (χ4n) is 3.86. The highest BCUT2D eigenvalue weighted by Gasteiger charge is 2.21. The summed E-state index contributed by atoms with van der Waals surface area (Å²) < 4.78 is 6.50. The first-order valence-electron chi connectivity index (χ1n) is 10.3. The Hall–Kier alpha value is -2.40. The number of benzene rings is 2. The van der Waals surface area contributed by atoms with Gasteiger partial charge < -0.3 is 9.64 Å². The number of aromatic nitrogens is 1. The molecular weight excluding hydrogens is 428 g/mol. The molecule has 0 saturated carbocycles. The van der Waals surface area contributed by atoms with Gasteiger partial charge in [-0.15, -0.1) is 0 Å². The normalized spacial score (nSPS) is 14.6. The molecule has 0 aliphatic carbocycles. The molecule has 1 aliphatic heterocycles. The smallest absolute Gasteiger partial charge is 0.254 e. The third-order valence-corrected chi connectivity index (χ3v) is 5.85. The number of likely N-dealkylation sites (tertiary alicyclic amines) is 1. The molecule has 29 heavy (non-hydrogen) atoms. The predicted octanol–water partition coefficient (Wildman–Crippen LogP) is 6.08. The lowest BCUT2D eigenvalue weighted by molar-refractivity contribution is 0.0763. The van der Waals surface area contributed by atoms with Crippen LogP contribution in [0.5, 0.6) is 5.75 Å². The van der Waals surface area contributed by atoms with E-state index in [0.717, 1.165) is 63.9 Å². The van der Waals surface area contributed by atoms with E-state index in [4.69, 9.17) is 9.72 Å².